The summed E-state index contributed by atoms with van der Waals surface area (Å²) >= 11 is 0. The van der Waals surface area contributed by atoms with Gasteiger partial charge in [0.25, 0.3) is 0 Å². The number of hydrogen-bond acceptors (Lipinski definition) is 2. The Labute approximate surface area is 158 Å². The lowest BCUT2D eigenvalue weighted by Crippen LogP contribution is -2.02. The molecule has 0 aliphatic carbocycles. The molecule has 0 atom stereocenters. The Morgan fingerprint density at radius 3 is 1.08 bits per heavy atom. The van der Waals surface area contributed by atoms with E-state index in [-0.39, 0.29) is 12.4 Å². The molecule has 0 radical (unpaired) electrons. The van der Waals surface area contributed by atoms with Crippen LogP contribution in [0.4, 0.5) is 0 Å². The fraction of sp³-hybridized carbons (Fsp3) is 0.957. The summed E-state index contributed by atoms with van der Waals surface area (Å²) in [6, 6.07) is 0. The largest absolute Gasteiger partial charge is 0.389 e. The van der Waals surface area contributed by atoms with Crippen molar-refractivity contribution in [2.45, 2.75) is 135 Å². The first-order valence-corrected chi connectivity index (χ1v) is 11.4. The molecule has 0 saturated heterocycles. The van der Waals surface area contributed by atoms with Gasteiger partial charge in [0.2, 0.25) is 0 Å². The molecule has 25 heavy (non-hydrogen) atoms. The Hall–Kier alpha value is -0.370. The lowest BCUT2D eigenvalue weighted by Gasteiger charge is -2.04. The number of hydrogen-bond donors (Lipinski definition) is 1. The lowest BCUT2D eigenvalue weighted by molar-refractivity contribution is -0.121. The van der Waals surface area contributed by atoms with Gasteiger partial charge in [0.1, 0.15) is 6.61 Å². The molecule has 2 heteroatoms. The molecule has 0 spiro atoms. The van der Waals surface area contributed by atoms with E-state index in [1.807, 2.05) is 0 Å². The molecule has 0 aromatic rings. The van der Waals surface area contributed by atoms with Crippen molar-refractivity contribution >= 4 is 5.78 Å². The van der Waals surface area contributed by atoms with Gasteiger partial charge in [-0.2, -0.15) is 0 Å². The fourth-order valence-electron chi connectivity index (χ4n) is 3.48. The first-order valence-electron chi connectivity index (χ1n) is 11.4. The first-order chi connectivity index (χ1) is 12.3. The third-order valence-electron chi connectivity index (χ3n) is 5.24. The van der Waals surface area contributed by atoms with E-state index in [0.29, 0.717) is 6.42 Å². The van der Waals surface area contributed by atoms with Gasteiger partial charge in [0.15, 0.2) is 5.78 Å². The molecule has 0 aromatic heterocycles. The van der Waals surface area contributed by atoms with Gasteiger partial charge in [-0.1, -0.05) is 122 Å². The van der Waals surface area contributed by atoms with E-state index >= 15 is 0 Å². The maximum atomic E-state index is 10.9. The Morgan fingerprint density at radius 2 is 0.800 bits per heavy atom. The van der Waals surface area contributed by atoms with Gasteiger partial charge in [-0.3, -0.25) is 4.79 Å². The van der Waals surface area contributed by atoms with Crippen LogP contribution in [-0.4, -0.2) is 17.5 Å². The number of unbranched alkanes of at least 4 members (excludes halogenated alkanes) is 18. The molecule has 0 heterocycles. The minimum atomic E-state index is -0.279. The second-order valence-electron chi connectivity index (χ2n) is 7.81. The van der Waals surface area contributed by atoms with E-state index in [1.165, 1.54) is 109 Å². The molecular weight excluding hydrogens is 308 g/mol. The van der Waals surface area contributed by atoms with E-state index in [0.717, 1.165) is 12.8 Å². The average Bonchev–Trinajstić information content (AvgIpc) is 2.63. The smallest absolute Gasteiger partial charge is 0.158 e. The third-order valence-corrected chi connectivity index (χ3v) is 5.24. The molecule has 0 rings (SSSR count). The van der Waals surface area contributed by atoms with E-state index in [2.05, 4.69) is 6.92 Å². The summed E-state index contributed by atoms with van der Waals surface area (Å²) in [5.41, 5.74) is 0. The van der Waals surface area contributed by atoms with Crippen LogP contribution in [0, 0.1) is 0 Å². The van der Waals surface area contributed by atoms with Crippen LogP contribution < -0.4 is 0 Å². The highest BCUT2D eigenvalue weighted by Crippen LogP contribution is 2.14. The second-order valence-corrected chi connectivity index (χ2v) is 7.81. The van der Waals surface area contributed by atoms with Crippen molar-refractivity contribution in [3.8, 4) is 0 Å². The van der Waals surface area contributed by atoms with Crippen LogP contribution in [0.2, 0.25) is 0 Å². The van der Waals surface area contributed by atoms with Crippen molar-refractivity contribution in [3.63, 3.8) is 0 Å². The summed E-state index contributed by atoms with van der Waals surface area (Å²) in [7, 11) is 0. The number of carbonyl (C=O) groups excluding carboxylic acids is 1. The van der Waals surface area contributed by atoms with Gasteiger partial charge in [0, 0.05) is 6.42 Å². The number of aliphatic hydroxyl groups is 1. The van der Waals surface area contributed by atoms with Crippen LogP contribution in [0.3, 0.4) is 0 Å². The minimum absolute atomic E-state index is 0.00743. The minimum Gasteiger partial charge on any atom is -0.389 e. The predicted octanol–water partition coefficient (Wildman–Crippen LogP) is 7.37. The van der Waals surface area contributed by atoms with Crippen molar-refractivity contribution in [2.24, 2.45) is 0 Å². The number of rotatable bonds is 21. The SMILES string of the molecule is CCCCCCCCCCCCCCCCCCCCCC(=O)CO. The van der Waals surface area contributed by atoms with Gasteiger partial charge in [-0.05, 0) is 6.42 Å². The summed E-state index contributed by atoms with van der Waals surface area (Å²) in [5, 5.41) is 8.64. The van der Waals surface area contributed by atoms with Gasteiger partial charge in [-0.15, -0.1) is 0 Å². The molecule has 0 saturated carbocycles. The van der Waals surface area contributed by atoms with Crippen molar-refractivity contribution in [1.82, 2.24) is 0 Å². The summed E-state index contributed by atoms with van der Waals surface area (Å²) < 4.78 is 0. The number of ketones is 1. The van der Waals surface area contributed by atoms with Crippen LogP contribution >= 0.6 is 0 Å². The summed E-state index contributed by atoms with van der Waals surface area (Å²) in [4.78, 5) is 10.9. The Bertz CT molecular complexity index is 263. The topological polar surface area (TPSA) is 37.3 Å². The third kappa shape index (κ3) is 21.6. The standard InChI is InChI=1S/C23H46O2/c1-2-3-4-5-6-7-8-9-10-11-12-13-14-15-16-17-18-19-20-21-23(25)22-24/h24H,2-22H2,1H3. The molecule has 1 N–H and O–H groups in total. The van der Waals surface area contributed by atoms with Crippen LogP contribution in [-0.2, 0) is 4.79 Å². The Balaban J connectivity index is 2.99. The Kier molecular flexibility index (Phi) is 21.4. The quantitative estimate of drug-likeness (QED) is 0.218. The maximum absolute atomic E-state index is 10.9. The normalized spacial score (nSPS) is 11.1. The van der Waals surface area contributed by atoms with Crippen LogP contribution in [0.25, 0.3) is 0 Å². The number of aliphatic hydroxyl groups excluding tert-OH is 1. The van der Waals surface area contributed by atoms with Crippen LogP contribution in [0.1, 0.15) is 135 Å². The Morgan fingerprint density at radius 1 is 0.520 bits per heavy atom. The monoisotopic (exact) mass is 354 g/mol. The van der Waals surface area contributed by atoms with Crippen molar-refractivity contribution in [3.05, 3.63) is 0 Å². The first kappa shape index (κ1) is 24.6. The van der Waals surface area contributed by atoms with Gasteiger partial charge in [0.05, 0.1) is 0 Å². The summed E-state index contributed by atoms with van der Waals surface area (Å²) in [6.45, 7) is 2.01. The van der Waals surface area contributed by atoms with E-state index in [1.54, 1.807) is 0 Å². The number of Topliss-reactive ketones (excluding diaryl/α,β-unsaturated/α-hetero) is 1. The molecule has 0 unspecified atom stereocenters. The lowest BCUT2D eigenvalue weighted by atomic mass is 10.0. The molecule has 0 aliphatic rings. The highest BCUT2D eigenvalue weighted by Gasteiger charge is 1.99. The average molecular weight is 355 g/mol. The molecule has 2 nitrogen and oxygen atoms in total. The highest BCUT2D eigenvalue weighted by atomic mass is 16.3. The molecule has 150 valence electrons. The van der Waals surface area contributed by atoms with Crippen molar-refractivity contribution in [1.29, 1.82) is 0 Å². The molecule has 0 aromatic carbocycles. The van der Waals surface area contributed by atoms with E-state index in [9.17, 15) is 4.79 Å². The zero-order valence-electron chi connectivity index (χ0n) is 17.2. The van der Waals surface area contributed by atoms with Gasteiger partial charge in [-0.25, -0.2) is 0 Å². The van der Waals surface area contributed by atoms with Crippen molar-refractivity contribution in [2.75, 3.05) is 6.61 Å². The van der Waals surface area contributed by atoms with Gasteiger partial charge < -0.3 is 5.11 Å². The van der Waals surface area contributed by atoms with Crippen molar-refractivity contribution < 1.29 is 9.90 Å². The van der Waals surface area contributed by atoms with E-state index in [4.69, 9.17) is 5.11 Å². The molecule has 0 amide bonds. The molecule has 0 aliphatic heterocycles. The predicted molar refractivity (Wildman–Crippen MR) is 110 cm³/mol. The highest BCUT2D eigenvalue weighted by molar-refractivity contribution is 5.79. The number of carbonyl (C=O) groups is 1. The van der Waals surface area contributed by atoms with Gasteiger partial charge >= 0.3 is 0 Å². The van der Waals surface area contributed by atoms with Crippen LogP contribution in [0.15, 0.2) is 0 Å². The maximum Gasteiger partial charge on any atom is 0.158 e. The second kappa shape index (κ2) is 21.7. The molecule has 0 fully saturated rings. The zero-order chi connectivity index (χ0) is 18.4. The van der Waals surface area contributed by atoms with E-state index < -0.39 is 0 Å². The molecule has 0 bridgehead atoms. The summed E-state index contributed by atoms with van der Waals surface area (Å²) in [6.07, 6.45) is 26.6. The zero-order valence-corrected chi connectivity index (χ0v) is 17.2. The fourth-order valence-corrected chi connectivity index (χ4v) is 3.48. The van der Waals surface area contributed by atoms with Crippen LogP contribution in [0.5, 0.6) is 0 Å². The summed E-state index contributed by atoms with van der Waals surface area (Å²) in [5.74, 6) is -0.00743. The molecular formula is C23H46O2.